The molecule has 0 atom stereocenters. The summed E-state index contributed by atoms with van der Waals surface area (Å²) < 4.78 is 5.40. The first kappa shape index (κ1) is 20.4. The Kier molecular flexibility index (Phi) is 7.81. The van der Waals surface area contributed by atoms with Crippen LogP contribution in [-0.4, -0.2) is 37.6 Å². The second-order valence-corrected chi connectivity index (χ2v) is 6.24. The molecule has 0 aliphatic rings. The number of benzene rings is 2. The van der Waals surface area contributed by atoms with Crippen LogP contribution in [0.25, 0.3) is 0 Å². The molecule has 2 aromatic rings. The SMILES string of the molecule is CCOC(=O)NCCNC(=O)c1ccccc1NC(=O)c1ccccc1Br. The van der Waals surface area contributed by atoms with Crippen LogP contribution in [0.1, 0.15) is 27.6 Å². The molecular formula is C19H20BrN3O4. The van der Waals surface area contributed by atoms with Gasteiger partial charge in [-0.15, -0.1) is 0 Å². The maximum absolute atomic E-state index is 12.5. The number of alkyl carbamates (subject to hydrolysis) is 1. The van der Waals surface area contributed by atoms with E-state index in [1.165, 1.54) is 0 Å². The van der Waals surface area contributed by atoms with E-state index in [0.29, 0.717) is 21.3 Å². The fraction of sp³-hybridized carbons (Fsp3) is 0.211. The highest BCUT2D eigenvalue weighted by Gasteiger charge is 2.15. The van der Waals surface area contributed by atoms with Crippen LogP contribution < -0.4 is 16.0 Å². The van der Waals surface area contributed by atoms with Crippen LogP contribution in [0.15, 0.2) is 53.0 Å². The zero-order valence-electron chi connectivity index (χ0n) is 14.8. The number of nitrogens with one attached hydrogen (secondary N) is 3. The lowest BCUT2D eigenvalue weighted by molar-refractivity contribution is 0.0953. The second kappa shape index (κ2) is 10.3. The average Bonchev–Trinajstić information content (AvgIpc) is 2.66. The highest BCUT2D eigenvalue weighted by molar-refractivity contribution is 9.10. The fourth-order valence-electron chi connectivity index (χ4n) is 2.24. The van der Waals surface area contributed by atoms with Crippen LogP contribution >= 0.6 is 15.9 Å². The molecule has 142 valence electrons. The molecule has 0 fully saturated rings. The average molecular weight is 434 g/mol. The van der Waals surface area contributed by atoms with Gasteiger partial charge in [0, 0.05) is 17.6 Å². The highest BCUT2D eigenvalue weighted by Crippen LogP contribution is 2.20. The van der Waals surface area contributed by atoms with Crippen LogP contribution in [0, 0.1) is 0 Å². The third-order valence-electron chi connectivity index (χ3n) is 3.49. The van der Waals surface area contributed by atoms with Crippen molar-refractivity contribution < 1.29 is 19.1 Å². The number of anilines is 1. The minimum atomic E-state index is -0.534. The van der Waals surface area contributed by atoms with E-state index in [4.69, 9.17) is 4.74 Å². The third kappa shape index (κ3) is 6.10. The monoisotopic (exact) mass is 433 g/mol. The van der Waals surface area contributed by atoms with E-state index in [1.54, 1.807) is 49.4 Å². The summed E-state index contributed by atoms with van der Waals surface area (Å²) in [5.74, 6) is -0.685. The van der Waals surface area contributed by atoms with Crippen molar-refractivity contribution in [3.8, 4) is 0 Å². The fourth-order valence-corrected chi connectivity index (χ4v) is 2.71. The second-order valence-electron chi connectivity index (χ2n) is 5.38. The molecule has 0 bridgehead atoms. The first-order chi connectivity index (χ1) is 13.0. The molecule has 0 unspecified atom stereocenters. The van der Waals surface area contributed by atoms with E-state index in [0.717, 1.165) is 0 Å². The first-order valence-corrected chi connectivity index (χ1v) is 9.16. The predicted molar refractivity (Wildman–Crippen MR) is 106 cm³/mol. The van der Waals surface area contributed by atoms with Gasteiger partial charge in [0.05, 0.1) is 23.4 Å². The summed E-state index contributed by atoms with van der Waals surface area (Å²) in [7, 11) is 0. The van der Waals surface area contributed by atoms with Gasteiger partial charge in [-0.3, -0.25) is 9.59 Å². The standard InChI is InChI=1S/C19H20BrN3O4/c1-2-27-19(26)22-12-11-21-17(24)14-8-4-6-10-16(14)23-18(25)13-7-3-5-9-15(13)20/h3-10H,2,11-12H2,1H3,(H,21,24)(H,22,26)(H,23,25). The zero-order valence-corrected chi connectivity index (χ0v) is 16.3. The van der Waals surface area contributed by atoms with Gasteiger partial charge in [0.2, 0.25) is 0 Å². The minimum absolute atomic E-state index is 0.226. The van der Waals surface area contributed by atoms with Gasteiger partial charge in [-0.05, 0) is 47.1 Å². The normalized spacial score (nSPS) is 10.0. The molecule has 3 amide bonds. The van der Waals surface area contributed by atoms with Gasteiger partial charge in [-0.25, -0.2) is 4.79 Å². The van der Waals surface area contributed by atoms with Crippen molar-refractivity contribution in [1.82, 2.24) is 10.6 Å². The molecular weight excluding hydrogens is 414 g/mol. The van der Waals surface area contributed by atoms with Crippen molar-refractivity contribution in [1.29, 1.82) is 0 Å². The molecule has 0 saturated heterocycles. The van der Waals surface area contributed by atoms with Gasteiger partial charge < -0.3 is 20.7 Å². The molecule has 0 aliphatic carbocycles. The molecule has 0 radical (unpaired) electrons. The lowest BCUT2D eigenvalue weighted by Crippen LogP contribution is -2.35. The number of halogens is 1. The predicted octanol–water partition coefficient (Wildman–Crippen LogP) is 3.18. The molecule has 7 nitrogen and oxygen atoms in total. The van der Waals surface area contributed by atoms with Gasteiger partial charge in [0.25, 0.3) is 11.8 Å². The molecule has 0 aromatic heterocycles. The van der Waals surface area contributed by atoms with Crippen molar-refractivity contribution in [2.75, 3.05) is 25.0 Å². The van der Waals surface area contributed by atoms with E-state index in [-0.39, 0.29) is 31.5 Å². The third-order valence-corrected chi connectivity index (χ3v) is 4.19. The number of ether oxygens (including phenoxy) is 1. The molecule has 0 saturated carbocycles. The zero-order chi connectivity index (χ0) is 19.6. The van der Waals surface area contributed by atoms with Crippen LogP contribution in [0.4, 0.5) is 10.5 Å². The summed E-state index contributed by atoms with van der Waals surface area (Å²) in [6, 6.07) is 13.7. The maximum Gasteiger partial charge on any atom is 0.407 e. The Hall–Kier alpha value is -2.87. The summed E-state index contributed by atoms with van der Waals surface area (Å²) in [6.07, 6.45) is -0.534. The van der Waals surface area contributed by atoms with Crippen molar-refractivity contribution in [2.45, 2.75) is 6.92 Å². The van der Waals surface area contributed by atoms with Gasteiger partial charge in [0.1, 0.15) is 0 Å². The largest absolute Gasteiger partial charge is 0.450 e. The highest BCUT2D eigenvalue weighted by atomic mass is 79.9. The van der Waals surface area contributed by atoms with E-state index in [1.807, 2.05) is 6.07 Å². The molecule has 2 rings (SSSR count). The Balaban J connectivity index is 1.98. The van der Waals surface area contributed by atoms with Gasteiger partial charge in [0.15, 0.2) is 0 Å². The smallest absolute Gasteiger partial charge is 0.407 e. The number of hydrogen-bond donors (Lipinski definition) is 3. The number of carbonyl (C=O) groups excluding carboxylic acids is 3. The van der Waals surface area contributed by atoms with Crippen LogP contribution in [0.3, 0.4) is 0 Å². The van der Waals surface area contributed by atoms with E-state index in [2.05, 4.69) is 31.9 Å². The quantitative estimate of drug-likeness (QED) is 0.584. The number of para-hydroxylation sites is 1. The number of amides is 3. The first-order valence-electron chi connectivity index (χ1n) is 8.36. The number of rotatable bonds is 7. The van der Waals surface area contributed by atoms with Crippen LogP contribution in [0.5, 0.6) is 0 Å². The Morgan fingerprint density at radius 3 is 2.22 bits per heavy atom. The molecule has 0 heterocycles. The number of hydrogen-bond acceptors (Lipinski definition) is 4. The van der Waals surface area contributed by atoms with Crippen molar-refractivity contribution in [2.24, 2.45) is 0 Å². The van der Waals surface area contributed by atoms with Gasteiger partial charge in [-0.2, -0.15) is 0 Å². The summed E-state index contributed by atoms with van der Waals surface area (Å²) in [5, 5.41) is 7.96. The number of carbonyl (C=O) groups is 3. The van der Waals surface area contributed by atoms with E-state index >= 15 is 0 Å². The summed E-state index contributed by atoms with van der Waals surface area (Å²) in [6.45, 7) is 2.45. The summed E-state index contributed by atoms with van der Waals surface area (Å²) in [4.78, 5) is 36.1. The molecule has 0 aliphatic heterocycles. The van der Waals surface area contributed by atoms with Crippen molar-refractivity contribution in [3.05, 3.63) is 64.1 Å². The van der Waals surface area contributed by atoms with Gasteiger partial charge >= 0.3 is 6.09 Å². The minimum Gasteiger partial charge on any atom is -0.450 e. The van der Waals surface area contributed by atoms with Crippen LogP contribution in [-0.2, 0) is 4.74 Å². The molecule has 0 spiro atoms. The van der Waals surface area contributed by atoms with E-state index in [9.17, 15) is 14.4 Å². The lowest BCUT2D eigenvalue weighted by atomic mass is 10.1. The Morgan fingerprint density at radius 2 is 1.52 bits per heavy atom. The maximum atomic E-state index is 12.5. The van der Waals surface area contributed by atoms with Gasteiger partial charge in [-0.1, -0.05) is 24.3 Å². The van der Waals surface area contributed by atoms with E-state index < -0.39 is 6.09 Å². The Labute approximate surface area is 165 Å². The Bertz CT molecular complexity index is 826. The van der Waals surface area contributed by atoms with Crippen molar-refractivity contribution >= 4 is 39.5 Å². The molecule has 2 aromatic carbocycles. The molecule has 27 heavy (non-hydrogen) atoms. The topological polar surface area (TPSA) is 96.5 Å². The summed E-state index contributed by atoms with van der Waals surface area (Å²) >= 11 is 3.34. The van der Waals surface area contributed by atoms with Crippen molar-refractivity contribution in [3.63, 3.8) is 0 Å². The molecule has 3 N–H and O–H groups in total. The molecule has 8 heteroatoms. The Morgan fingerprint density at radius 1 is 0.889 bits per heavy atom. The summed E-state index contributed by atoms with van der Waals surface area (Å²) in [5.41, 5.74) is 1.19. The lowest BCUT2D eigenvalue weighted by Gasteiger charge is -2.12. The van der Waals surface area contributed by atoms with Crippen LogP contribution in [0.2, 0.25) is 0 Å².